The van der Waals surface area contributed by atoms with Crippen LogP contribution in [0.2, 0.25) is 0 Å². The van der Waals surface area contributed by atoms with Crippen molar-refractivity contribution in [3.05, 3.63) is 101 Å². The monoisotopic (exact) mass is 456 g/mol. The summed E-state index contributed by atoms with van der Waals surface area (Å²) in [5.74, 6) is 1.62. The molecule has 0 spiro atoms. The predicted octanol–water partition coefficient (Wildman–Crippen LogP) is 6.71. The smallest absolute Gasteiger partial charge is 0.175 e. The van der Waals surface area contributed by atoms with Gasteiger partial charge in [-0.2, -0.15) is 5.10 Å². The van der Waals surface area contributed by atoms with E-state index in [-0.39, 0.29) is 0 Å². The van der Waals surface area contributed by atoms with Gasteiger partial charge in [-0.1, -0.05) is 55.5 Å². The summed E-state index contributed by atoms with van der Waals surface area (Å²) < 4.78 is 7.96. The summed E-state index contributed by atoms with van der Waals surface area (Å²) in [6.45, 7) is 6.81. The number of nitrogens with zero attached hydrogens (tertiary/aromatic N) is 2. The van der Waals surface area contributed by atoms with Crippen molar-refractivity contribution < 1.29 is 4.74 Å². The molecule has 1 aromatic heterocycles. The van der Waals surface area contributed by atoms with Crippen LogP contribution in [0.15, 0.2) is 78.9 Å². The highest BCUT2D eigenvalue weighted by Crippen LogP contribution is 2.25. The summed E-state index contributed by atoms with van der Waals surface area (Å²) in [4.78, 5) is 0. The fourth-order valence-electron chi connectivity index (χ4n) is 3.75. The Labute approximate surface area is 200 Å². The summed E-state index contributed by atoms with van der Waals surface area (Å²) in [5.41, 5.74) is 6.21. The summed E-state index contributed by atoms with van der Waals surface area (Å²) in [6, 6.07) is 26.1. The highest BCUT2D eigenvalue weighted by Gasteiger charge is 2.14. The van der Waals surface area contributed by atoms with Gasteiger partial charge in [-0.25, -0.2) is 0 Å². The van der Waals surface area contributed by atoms with Crippen LogP contribution in [0.4, 0.5) is 11.4 Å². The first-order chi connectivity index (χ1) is 16.0. The van der Waals surface area contributed by atoms with Crippen molar-refractivity contribution in [3.8, 4) is 11.5 Å². The van der Waals surface area contributed by atoms with Crippen LogP contribution in [0.5, 0.6) is 11.5 Å². The summed E-state index contributed by atoms with van der Waals surface area (Å²) in [7, 11) is 0. The number of hydrogen-bond donors (Lipinski definition) is 2. The minimum absolute atomic E-state index is 0.555. The van der Waals surface area contributed by atoms with Gasteiger partial charge in [0.2, 0.25) is 0 Å². The number of ether oxygens (including phenoxy) is 1. The Morgan fingerprint density at radius 1 is 0.909 bits per heavy atom. The third kappa shape index (κ3) is 5.59. The maximum atomic E-state index is 5.98. The van der Waals surface area contributed by atoms with E-state index in [4.69, 9.17) is 22.1 Å². The molecule has 6 heteroatoms. The Hall–Kier alpha value is -3.64. The number of aryl methyl sites for hydroxylation is 2. The molecule has 1 heterocycles. The molecule has 0 bridgehead atoms. The van der Waals surface area contributed by atoms with Gasteiger partial charge in [-0.3, -0.25) is 4.68 Å². The van der Waals surface area contributed by atoms with Gasteiger partial charge in [-0.15, -0.1) is 0 Å². The number of hydrogen-bond acceptors (Lipinski definition) is 3. The molecule has 4 rings (SSSR count). The summed E-state index contributed by atoms with van der Waals surface area (Å²) in [5, 5.41) is 12.0. The number of benzene rings is 3. The minimum atomic E-state index is 0.555. The molecule has 0 aliphatic rings. The standard InChI is InChI=1S/C27H28N4OS/c1-4-22-12-8-9-16-25(22)28-27(33)29-26-19(2)30-31(20(26)3)18-21-11-10-15-24(17-21)32-23-13-6-5-7-14-23/h5-17H,4,18H2,1-3H3,(H2,28,29,33). The van der Waals surface area contributed by atoms with Gasteiger partial charge < -0.3 is 15.4 Å². The number of para-hydroxylation sites is 2. The molecule has 0 radical (unpaired) electrons. The first-order valence-corrected chi connectivity index (χ1v) is 11.5. The maximum Gasteiger partial charge on any atom is 0.175 e. The number of thiocarbonyl (C=S) groups is 1. The Kier molecular flexibility index (Phi) is 7.05. The van der Waals surface area contributed by atoms with Gasteiger partial charge in [0.25, 0.3) is 0 Å². The molecule has 0 aliphatic heterocycles. The van der Waals surface area contributed by atoms with Gasteiger partial charge >= 0.3 is 0 Å². The fourth-order valence-corrected chi connectivity index (χ4v) is 3.97. The molecule has 0 saturated heterocycles. The highest BCUT2D eigenvalue weighted by atomic mass is 32.1. The molecule has 0 fully saturated rings. The van der Waals surface area contributed by atoms with Crippen molar-refractivity contribution in [2.24, 2.45) is 0 Å². The Bertz CT molecular complexity index is 1250. The van der Waals surface area contributed by atoms with E-state index in [0.29, 0.717) is 11.7 Å². The topological polar surface area (TPSA) is 51.1 Å². The Balaban J connectivity index is 1.46. The molecular weight excluding hydrogens is 428 g/mol. The summed E-state index contributed by atoms with van der Waals surface area (Å²) >= 11 is 5.59. The normalized spacial score (nSPS) is 10.6. The lowest BCUT2D eigenvalue weighted by Gasteiger charge is -2.14. The lowest BCUT2D eigenvalue weighted by molar-refractivity contribution is 0.481. The number of nitrogens with one attached hydrogen (secondary N) is 2. The largest absolute Gasteiger partial charge is 0.457 e. The van der Waals surface area contributed by atoms with Crippen molar-refractivity contribution in [2.75, 3.05) is 10.6 Å². The lowest BCUT2D eigenvalue weighted by Crippen LogP contribution is -2.20. The molecule has 3 aromatic carbocycles. The first-order valence-electron chi connectivity index (χ1n) is 11.0. The molecule has 0 unspecified atom stereocenters. The van der Waals surface area contributed by atoms with E-state index < -0.39 is 0 Å². The molecule has 33 heavy (non-hydrogen) atoms. The SMILES string of the molecule is CCc1ccccc1NC(=S)Nc1c(C)nn(Cc2cccc(Oc3ccccc3)c2)c1C. The first kappa shape index (κ1) is 22.6. The van der Waals surface area contributed by atoms with E-state index in [1.807, 2.05) is 78.3 Å². The zero-order valence-electron chi connectivity index (χ0n) is 19.1. The van der Waals surface area contributed by atoms with Crippen molar-refractivity contribution in [2.45, 2.75) is 33.7 Å². The minimum Gasteiger partial charge on any atom is -0.457 e. The molecule has 4 aromatic rings. The van der Waals surface area contributed by atoms with E-state index in [9.17, 15) is 0 Å². The fraction of sp³-hybridized carbons (Fsp3) is 0.185. The van der Waals surface area contributed by atoms with Crippen molar-refractivity contribution >= 4 is 28.7 Å². The average molecular weight is 457 g/mol. The third-order valence-corrected chi connectivity index (χ3v) is 5.68. The molecule has 0 amide bonds. The van der Waals surface area contributed by atoms with Crippen LogP contribution in [0, 0.1) is 13.8 Å². The lowest BCUT2D eigenvalue weighted by atomic mass is 10.1. The van der Waals surface area contributed by atoms with Gasteiger partial charge in [0.1, 0.15) is 11.5 Å². The molecule has 2 N–H and O–H groups in total. The van der Waals surface area contributed by atoms with Crippen molar-refractivity contribution in [1.29, 1.82) is 0 Å². The Morgan fingerprint density at radius 3 is 2.42 bits per heavy atom. The van der Waals surface area contributed by atoms with Gasteiger partial charge in [0.05, 0.1) is 23.6 Å². The summed E-state index contributed by atoms with van der Waals surface area (Å²) in [6.07, 6.45) is 0.939. The molecule has 0 aliphatic carbocycles. The van der Waals surface area contributed by atoms with E-state index in [2.05, 4.69) is 36.6 Å². The van der Waals surface area contributed by atoms with Crippen LogP contribution >= 0.6 is 12.2 Å². The van der Waals surface area contributed by atoms with Crippen LogP contribution in [0.25, 0.3) is 0 Å². The van der Waals surface area contributed by atoms with Crippen LogP contribution in [-0.4, -0.2) is 14.9 Å². The molecular formula is C27H28N4OS. The zero-order chi connectivity index (χ0) is 23.2. The Morgan fingerprint density at radius 2 is 1.64 bits per heavy atom. The average Bonchev–Trinajstić information content (AvgIpc) is 3.07. The van der Waals surface area contributed by atoms with Crippen LogP contribution < -0.4 is 15.4 Å². The number of aromatic nitrogens is 2. The van der Waals surface area contributed by atoms with E-state index >= 15 is 0 Å². The second-order valence-electron chi connectivity index (χ2n) is 7.86. The molecule has 5 nitrogen and oxygen atoms in total. The van der Waals surface area contributed by atoms with Gasteiger partial charge in [-0.05, 0) is 73.9 Å². The molecule has 0 saturated carbocycles. The number of rotatable bonds is 7. The quantitative estimate of drug-likeness (QED) is 0.303. The van der Waals surface area contributed by atoms with Crippen LogP contribution in [0.1, 0.15) is 29.4 Å². The third-order valence-electron chi connectivity index (χ3n) is 5.48. The maximum absolute atomic E-state index is 5.98. The van der Waals surface area contributed by atoms with Gasteiger partial charge in [0, 0.05) is 5.69 Å². The van der Waals surface area contributed by atoms with Gasteiger partial charge in [0.15, 0.2) is 5.11 Å². The highest BCUT2D eigenvalue weighted by molar-refractivity contribution is 7.80. The van der Waals surface area contributed by atoms with Crippen molar-refractivity contribution in [1.82, 2.24) is 9.78 Å². The number of anilines is 2. The van der Waals surface area contributed by atoms with E-state index in [1.54, 1.807) is 0 Å². The van der Waals surface area contributed by atoms with E-state index in [0.717, 1.165) is 46.2 Å². The second kappa shape index (κ2) is 10.3. The second-order valence-corrected chi connectivity index (χ2v) is 8.26. The van der Waals surface area contributed by atoms with Crippen LogP contribution in [0.3, 0.4) is 0 Å². The molecule has 0 atom stereocenters. The van der Waals surface area contributed by atoms with Crippen molar-refractivity contribution in [3.63, 3.8) is 0 Å². The predicted molar refractivity (Wildman–Crippen MR) is 139 cm³/mol. The molecule has 168 valence electrons. The van der Waals surface area contributed by atoms with Crippen LogP contribution in [-0.2, 0) is 13.0 Å². The zero-order valence-corrected chi connectivity index (χ0v) is 19.9. The van der Waals surface area contributed by atoms with E-state index in [1.165, 1.54) is 5.56 Å².